The number of rotatable bonds is 14. The Bertz CT molecular complexity index is 530. The number of hydrogen-bond acceptors (Lipinski definition) is 7. The van der Waals surface area contributed by atoms with Crippen molar-refractivity contribution in [3.8, 4) is 0 Å². The van der Waals surface area contributed by atoms with Gasteiger partial charge >= 0.3 is 5.97 Å². The number of amides is 3. The number of carbonyl (C=O) groups is 4. The van der Waals surface area contributed by atoms with E-state index >= 15 is 0 Å². The molecule has 0 saturated heterocycles. The molecule has 0 aliphatic carbocycles. The molecule has 0 bridgehead atoms. The highest BCUT2D eigenvalue weighted by Crippen LogP contribution is 2.10. The van der Waals surface area contributed by atoms with Gasteiger partial charge in [-0.2, -0.15) is 0 Å². The lowest BCUT2D eigenvalue weighted by Gasteiger charge is -2.27. The average Bonchev–Trinajstić information content (AvgIpc) is 2.67. The minimum absolute atomic E-state index is 0.214. The lowest BCUT2D eigenvalue weighted by Crippen LogP contribution is -2.58. The molecular formula is C17H33N5O6. The van der Waals surface area contributed by atoms with Crippen LogP contribution in [0.5, 0.6) is 0 Å². The summed E-state index contributed by atoms with van der Waals surface area (Å²) in [5.41, 5.74) is 10.6. The van der Waals surface area contributed by atoms with E-state index in [1.165, 1.54) is 0 Å². The summed E-state index contributed by atoms with van der Waals surface area (Å²) in [5.74, 6) is -3.54. The first-order valence-electron chi connectivity index (χ1n) is 9.35. The second-order valence-electron chi connectivity index (χ2n) is 6.56. The van der Waals surface area contributed by atoms with E-state index in [2.05, 4.69) is 16.0 Å². The van der Waals surface area contributed by atoms with Gasteiger partial charge in [0.05, 0.1) is 13.2 Å². The maximum atomic E-state index is 12.6. The Balaban J connectivity index is 5.17. The molecule has 0 fully saturated rings. The van der Waals surface area contributed by atoms with Crippen molar-refractivity contribution < 1.29 is 29.4 Å². The third-order valence-electron chi connectivity index (χ3n) is 4.37. The Morgan fingerprint density at radius 1 is 0.964 bits per heavy atom. The molecule has 11 nitrogen and oxygen atoms in total. The van der Waals surface area contributed by atoms with E-state index < -0.39 is 48.4 Å². The molecule has 0 aromatic rings. The number of nitrogens with one attached hydrogen (secondary N) is 3. The molecular weight excluding hydrogens is 370 g/mol. The topological polar surface area (TPSA) is 197 Å². The third-order valence-corrected chi connectivity index (χ3v) is 4.37. The summed E-state index contributed by atoms with van der Waals surface area (Å²) in [5, 5.41) is 25.8. The number of aliphatic carboxylic acids is 1. The first kappa shape index (κ1) is 25.8. The van der Waals surface area contributed by atoms with Crippen molar-refractivity contribution in [3.05, 3.63) is 0 Å². The van der Waals surface area contributed by atoms with Gasteiger partial charge < -0.3 is 37.6 Å². The number of hydrogen-bond donors (Lipinski definition) is 7. The minimum Gasteiger partial charge on any atom is -0.480 e. The lowest BCUT2D eigenvalue weighted by atomic mass is 9.97. The van der Waals surface area contributed by atoms with Crippen molar-refractivity contribution in [2.45, 2.75) is 57.7 Å². The molecule has 0 radical (unpaired) electrons. The van der Waals surface area contributed by atoms with Crippen molar-refractivity contribution in [1.29, 1.82) is 0 Å². The molecule has 0 rings (SSSR count). The Morgan fingerprint density at radius 3 is 2.07 bits per heavy atom. The van der Waals surface area contributed by atoms with E-state index in [1.54, 1.807) is 6.92 Å². The van der Waals surface area contributed by atoms with Gasteiger partial charge in [-0.25, -0.2) is 4.79 Å². The Kier molecular flexibility index (Phi) is 12.7. The quantitative estimate of drug-likeness (QED) is 0.156. The largest absolute Gasteiger partial charge is 0.480 e. The maximum absolute atomic E-state index is 12.6. The van der Waals surface area contributed by atoms with Gasteiger partial charge in [0.1, 0.15) is 18.1 Å². The summed E-state index contributed by atoms with van der Waals surface area (Å²) in [6, 6.07) is -3.40. The lowest BCUT2D eigenvalue weighted by molar-refractivity contribution is -0.143. The van der Waals surface area contributed by atoms with Gasteiger partial charge in [0, 0.05) is 0 Å². The van der Waals surface area contributed by atoms with E-state index in [1.807, 2.05) is 6.92 Å². The van der Waals surface area contributed by atoms with Crippen LogP contribution in [0.4, 0.5) is 0 Å². The molecule has 4 atom stereocenters. The predicted octanol–water partition coefficient (Wildman–Crippen LogP) is -2.35. The smallest absolute Gasteiger partial charge is 0.326 e. The molecule has 3 amide bonds. The molecule has 0 aromatic carbocycles. The zero-order valence-corrected chi connectivity index (χ0v) is 16.4. The van der Waals surface area contributed by atoms with Crippen molar-refractivity contribution in [1.82, 2.24) is 16.0 Å². The summed E-state index contributed by atoms with van der Waals surface area (Å²) in [6.07, 6.45) is 1.91. The first-order chi connectivity index (χ1) is 13.2. The fourth-order valence-corrected chi connectivity index (χ4v) is 2.41. The Labute approximate surface area is 164 Å². The van der Waals surface area contributed by atoms with Gasteiger partial charge in [-0.1, -0.05) is 20.3 Å². The van der Waals surface area contributed by atoms with Crippen LogP contribution < -0.4 is 27.4 Å². The molecule has 162 valence electrons. The fourth-order valence-electron chi connectivity index (χ4n) is 2.41. The number of nitrogens with two attached hydrogens (primary N) is 2. The van der Waals surface area contributed by atoms with Gasteiger partial charge in [0.25, 0.3) is 0 Å². The fraction of sp³-hybridized carbons (Fsp3) is 0.765. The number of carboxylic acids is 1. The molecule has 0 aliphatic heterocycles. The van der Waals surface area contributed by atoms with E-state index in [-0.39, 0.29) is 18.9 Å². The van der Waals surface area contributed by atoms with Crippen molar-refractivity contribution >= 4 is 23.7 Å². The zero-order valence-electron chi connectivity index (χ0n) is 16.4. The number of carboxylic acid groups (broad SMARTS) is 1. The van der Waals surface area contributed by atoms with Crippen LogP contribution in [0.2, 0.25) is 0 Å². The molecule has 28 heavy (non-hydrogen) atoms. The molecule has 0 saturated carbocycles. The first-order valence-corrected chi connectivity index (χ1v) is 9.35. The predicted molar refractivity (Wildman–Crippen MR) is 102 cm³/mol. The number of unbranched alkanes of at least 4 members (excludes halogenated alkanes) is 1. The number of carbonyl (C=O) groups excluding carboxylic acids is 3. The molecule has 0 spiro atoms. The summed E-state index contributed by atoms with van der Waals surface area (Å²) in [7, 11) is 0. The van der Waals surface area contributed by atoms with Crippen LogP contribution >= 0.6 is 0 Å². The highest BCUT2D eigenvalue weighted by molar-refractivity contribution is 5.93. The zero-order chi connectivity index (χ0) is 21.7. The normalized spacial score (nSPS) is 15.0. The van der Waals surface area contributed by atoms with Crippen molar-refractivity contribution in [3.63, 3.8) is 0 Å². The van der Waals surface area contributed by atoms with Gasteiger partial charge in [-0.15, -0.1) is 0 Å². The van der Waals surface area contributed by atoms with E-state index in [0.717, 1.165) is 0 Å². The molecule has 0 aromatic heterocycles. The van der Waals surface area contributed by atoms with E-state index in [9.17, 15) is 29.4 Å². The molecule has 11 heteroatoms. The second-order valence-corrected chi connectivity index (χ2v) is 6.56. The maximum Gasteiger partial charge on any atom is 0.326 e. The van der Waals surface area contributed by atoms with Crippen LogP contribution in [0.3, 0.4) is 0 Å². The second kappa shape index (κ2) is 13.9. The standard InChI is InChI=1S/C17H33N5O6/c1-3-10(2)14(22-15(25)12(9-23)20-13(24)8-19)16(26)21-11(17(27)28)6-4-5-7-18/h10-12,14,23H,3-9,18-19H2,1-2H3,(H,20,24)(H,21,26)(H,22,25)(H,27,28). The van der Waals surface area contributed by atoms with Crippen molar-refractivity contribution in [2.75, 3.05) is 19.7 Å². The summed E-state index contributed by atoms with van der Waals surface area (Å²) >= 11 is 0. The Morgan fingerprint density at radius 2 is 1.61 bits per heavy atom. The average molecular weight is 403 g/mol. The minimum atomic E-state index is -1.27. The highest BCUT2D eigenvalue weighted by Gasteiger charge is 2.31. The van der Waals surface area contributed by atoms with Crippen molar-refractivity contribution in [2.24, 2.45) is 17.4 Å². The Hall–Kier alpha value is -2.24. The van der Waals surface area contributed by atoms with Crippen LogP contribution in [0.25, 0.3) is 0 Å². The molecule has 9 N–H and O–H groups in total. The van der Waals surface area contributed by atoms with Crippen LogP contribution in [-0.2, 0) is 19.2 Å². The van der Waals surface area contributed by atoms with Crippen LogP contribution in [0.1, 0.15) is 39.5 Å². The SMILES string of the molecule is CCC(C)C(NC(=O)C(CO)NC(=O)CN)C(=O)NC(CCCCN)C(=O)O. The van der Waals surface area contributed by atoms with Crippen LogP contribution in [0.15, 0.2) is 0 Å². The summed E-state index contributed by atoms with van der Waals surface area (Å²) < 4.78 is 0. The summed E-state index contributed by atoms with van der Waals surface area (Å²) in [6.45, 7) is 2.92. The van der Waals surface area contributed by atoms with E-state index in [4.69, 9.17) is 11.5 Å². The summed E-state index contributed by atoms with van der Waals surface area (Å²) in [4.78, 5) is 47.7. The van der Waals surface area contributed by atoms with Crippen LogP contribution in [-0.4, -0.2) is 71.7 Å². The number of aliphatic hydroxyl groups excluding tert-OH is 1. The molecule has 0 heterocycles. The van der Waals surface area contributed by atoms with Crippen LogP contribution in [0, 0.1) is 5.92 Å². The molecule has 4 unspecified atom stereocenters. The van der Waals surface area contributed by atoms with Gasteiger partial charge in [0.15, 0.2) is 0 Å². The van der Waals surface area contributed by atoms with Gasteiger partial charge in [-0.3, -0.25) is 14.4 Å². The third kappa shape index (κ3) is 9.11. The van der Waals surface area contributed by atoms with E-state index in [0.29, 0.717) is 25.8 Å². The number of aliphatic hydroxyl groups is 1. The van der Waals surface area contributed by atoms with Gasteiger partial charge in [-0.05, 0) is 31.7 Å². The molecule has 0 aliphatic rings. The van der Waals surface area contributed by atoms with Gasteiger partial charge in [0.2, 0.25) is 17.7 Å². The highest BCUT2D eigenvalue weighted by atomic mass is 16.4. The monoisotopic (exact) mass is 403 g/mol.